The normalized spacial score (nSPS) is 11.0. The lowest BCUT2D eigenvalue weighted by molar-refractivity contribution is 0.618. The minimum Gasteiger partial charge on any atom is -0.456 e. The van der Waals surface area contributed by atoms with Crippen LogP contribution in [0, 0.1) is 13.8 Å². The number of hydrogen-bond acceptors (Lipinski definition) is 3. The van der Waals surface area contributed by atoms with Crippen LogP contribution in [-0.2, 0) is 0 Å². The maximum absolute atomic E-state index is 12.3. The Morgan fingerprint density at radius 3 is 2.57 bits per heavy atom. The number of nitrogens with two attached hydrogens (primary N) is 1. The van der Waals surface area contributed by atoms with Gasteiger partial charge in [0.1, 0.15) is 11.3 Å². The van der Waals surface area contributed by atoms with Crippen LogP contribution >= 0.6 is 11.6 Å². The van der Waals surface area contributed by atoms with E-state index in [2.05, 4.69) is 0 Å². The molecule has 2 aromatic carbocycles. The monoisotopic (exact) mass is 299 g/mol. The first kappa shape index (κ1) is 13.7. The van der Waals surface area contributed by atoms with Crippen molar-refractivity contribution in [3.63, 3.8) is 0 Å². The van der Waals surface area contributed by atoms with Crippen LogP contribution < -0.4 is 11.2 Å². The lowest BCUT2D eigenvalue weighted by Crippen LogP contribution is -2.03. The van der Waals surface area contributed by atoms with Crippen molar-refractivity contribution in [1.82, 2.24) is 0 Å². The Hall–Kier alpha value is -2.26. The average Bonchev–Trinajstić information content (AvgIpc) is 2.40. The molecule has 1 heterocycles. The van der Waals surface area contributed by atoms with E-state index in [9.17, 15) is 4.79 Å². The molecule has 0 radical (unpaired) electrons. The molecule has 0 atom stereocenters. The van der Waals surface area contributed by atoms with Crippen LogP contribution in [-0.4, -0.2) is 0 Å². The van der Waals surface area contributed by atoms with E-state index in [4.69, 9.17) is 21.8 Å². The van der Waals surface area contributed by atoms with E-state index in [0.717, 1.165) is 16.7 Å². The van der Waals surface area contributed by atoms with Gasteiger partial charge in [-0.05, 0) is 49.2 Å². The Kier molecular flexibility index (Phi) is 3.22. The van der Waals surface area contributed by atoms with Crippen LogP contribution in [0.25, 0.3) is 22.3 Å². The average molecular weight is 300 g/mol. The van der Waals surface area contributed by atoms with Crippen molar-refractivity contribution in [2.45, 2.75) is 13.8 Å². The summed E-state index contributed by atoms with van der Waals surface area (Å²) in [6.45, 7) is 3.88. The van der Waals surface area contributed by atoms with Gasteiger partial charge >= 0.3 is 0 Å². The molecule has 3 nitrogen and oxygen atoms in total. The molecule has 1 aromatic heterocycles. The highest BCUT2D eigenvalue weighted by Gasteiger charge is 2.10. The first-order chi connectivity index (χ1) is 9.95. The highest BCUT2D eigenvalue weighted by Crippen LogP contribution is 2.28. The molecule has 0 bridgehead atoms. The number of anilines is 1. The van der Waals surface area contributed by atoms with Gasteiger partial charge in [0.15, 0.2) is 5.43 Å². The fourth-order valence-corrected chi connectivity index (χ4v) is 2.62. The number of rotatable bonds is 1. The highest BCUT2D eigenvalue weighted by atomic mass is 35.5. The van der Waals surface area contributed by atoms with Crippen LogP contribution in [0.2, 0.25) is 5.02 Å². The number of halogens is 1. The fraction of sp³-hybridized carbons (Fsp3) is 0.118. The number of benzene rings is 2. The van der Waals surface area contributed by atoms with Crippen molar-refractivity contribution in [2.24, 2.45) is 0 Å². The van der Waals surface area contributed by atoms with Gasteiger partial charge in [0, 0.05) is 11.6 Å². The molecule has 3 aromatic rings. The van der Waals surface area contributed by atoms with Crippen LogP contribution in [0.4, 0.5) is 5.69 Å². The van der Waals surface area contributed by atoms with Gasteiger partial charge < -0.3 is 10.2 Å². The molecular weight excluding hydrogens is 286 g/mol. The van der Waals surface area contributed by atoms with Crippen LogP contribution in [0.1, 0.15) is 11.1 Å². The van der Waals surface area contributed by atoms with Gasteiger partial charge in [0.25, 0.3) is 0 Å². The lowest BCUT2D eigenvalue weighted by Gasteiger charge is -2.07. The summed E-state index contributed by atoms with van der Waals surface area (Å²) < 4.78 is 5.89. The zero-order valence-electron chi connectivity index (χ0n) is 11.7. The number of aryl methyl sites for hydroxylation is 2. The zero-order chi connectivity index (χ0) is 15.1. The maximum atomic E-state index is 12.3. The van der Waals surface area contributed by atoms with Crippen molar-refractivity contribution in [2.75, 3.05) is 5.73 Å². The lowest BCUT2D eigenvalue weighted by atomic mass is 10.1. The van der Waals surface area contributed by atoms with E-state index in [1.54, 1.807) is 18.2 Å². The van der Waals surface area contributed by atoms with E-state index < -0.39 is 0 Å². The topological polar surface area (TPSA) is 56.2 Å². The molecule has 0 aliphatic rings. The van der Waals surface area contributed by atoms with Gasteiger partial charge in [0.2, 0.25) is 0 Å². The third-order valence-electron chi connectivity index (χ3n) is 3.45. The van der Waals surface area contributed by atoms with Gasteiger partial charge in [0.05, 0.1) is 16.1 Å². The molecule has 3 rings (SSSR count). The summed E-state index contributed by atoms with van der Waals surface area (Å²) in [7, 11) is 0. The van der Waals surface area contributed by atoms with E-state index in [1.165, 1.54) is 6.07 Å². The Morgan fingerprint density at radius 1 is 1.10 bits per heavy atom. The van der Waals surface area contributed by atoms with Gasteiger partial charge in [-0.1, -0.05) is 17.7 Å². The van der Waals surface area contributed by atoms with Gasteiger partial charge in [-0.15, -0.1) is 0 Å². The van der Waals surface area contributed by atoms with Crippen molar-refractivity contribution in [3.8, 4) is 11.3 Å². The van der Waals surface area contributed by atoms with Gasteiger partial charge in [-0.3, -0.25) is 4.79 Å². The SMILES string of the molecule is Cc1cc(C)c2c(=O)cc(-c3ccc(Cl)c(N)c3)oc2c1. The largest absolute Gasteiger partial charge is 0.456 e. The molecule has 0 aliphatic carbocycles. The molecule has 106 valence electrons. The molecule has 0 aliphatic heterocycles. The van der Waals surface area contributed by atoms with Crippen molar-refractivity contribution < 1.29 is 4.42 Å². The zero-order valence-corrected chi connectivity index (χ0v) is 12.5. The maximum Gasteiger partial charge on any atom is 0.193 e. The Morgan fingerprint density at radius 2 is 1.86 bits per heavy atom. The van der Waals surface area contributed by atoms with Crippen molar-refractivity contribution in [3.05, 3.63) is 62.8 Å². The second kappa shape index (κ2) is 4.93. The standard InChI is InChI=1S/C17H14ClNO2/c1-9-5-10(2)17-14(20)8-15(21-16(17)6-9)11-3-4-12(18)13(19)7-11/h3-8H,19H2,1-2H3. The molecule has 0 spiro atoms. The molecule has 2 N–H and O–H groups in total. The molecule has 0 amide bonds. The molecule has 21 heavy (non-hydrogen) atoms. The predicted octanol–water partition coefficient (Wildman–Crippen LogP) is 4.31. The molecule has 4 heteroatoms. The fourth-order valence-electron chi connectivity index (χ4n) is 2.50. The van der Waals surface area contributed by atoms with E-state index >= 15 is 0 Å². The van der Waals surface area contributed by atoms with E-state index in [-0.39, 0.29) is 5.43 Å². The number of hydrogen-bond donors (Lipinski definition) is 1. The summed E-state index contributed by atoms with van der Waals surface area (Å²) in [4.78, 5) is 12.3. The predicted molar refractivity (Wildman–Crippen MR) is 86.8 cm³/mol. The Labute approximate surface area is 127 Å². The molecule has 0 fully saturated rings. The van der Waals surface area contributed by atoms with E-state index in [1.807, 2.05) is 26.0 Å². The second-order valence-electron chi connectivity index (χ2n) is 5.17. The van der Waals surface area contributed by atoms with Gasteiger partial charge in [-0.25, -0.2) is 0 Å². The molecular formula is C17H14ClNO2. The highest BCUT2D eigenvalue weighted by molar-refractivity contribution is 6.33. The van der Waals surface area contributed by atoms with Crippen molar-refractivity contribution in [1.29, 1.82) is 0 Å². The number of nitrogen functional groups attached to an aromatic ring is 1. The summed E-state index contributed by atoms with van der Waals surface area (Å²) in [6.07, 6.45) is 0. The van der Waals surface area contributed by atoms with Crippen LogP contribution in [0.3, 0.4) is 0 Å². The summed E-state index contributed by atoms with van der Waals surface area (Å²) in [5.74, 6) is 0.487. The van der Waals surface area contributed by atoms with E-state index in [0.29, 0.717) is 27.4 Å². The molecule has 0 saturated heterocycles. The van der Waals surface area contributed by atoms with Crippen LogP contribution in [0.5, 0.6) is 0 Å². The minimum atomic E-state index is -0.0581. The summed E-state index contributed by atoms with van der Waals surface area (Å²) in [5, 5.41) is 1.10. The summed E-state index contributed by atoms with van der Waals surface area (Å²) >= 11 is 5.92. The molecule has 0 saturated carbocycles. The van der Waals surface area contributed by atoms with Crippen molar-refractivity contribution >= 4 is 28.3 Å². The Balaban J connectivity index is 2.29. The second-order valence-corrected chi connectivity index (χ2v) is 5.57. The van der Waals surface area contributed by atoms with Gasteiger partial charge in [-0.2, -0.15) is 0 Å². The first-order valence-corrected chi connectivity index (χ1v) is 6.94. The number of fused-ring (bicyclic) bond motifs is 1. The summed E-state index contributed by atoms with van der Waals surface area (Å²) in [5.41, 5.74) is 9.49. The van der Waals surface area contributed by atoms with Crippen LogP contribution in [0.15, 0.2) is 45.6 Å². The Bertz CT molecular complexity index is 913. The minimum absolute atomic E-state index is 0.0581. The quantitative estimate of drug-likeness (QED) is 0.681. The summed E-state index contributed by atoms with van der Waals surface area (Å²) in [6, 6.07) is 10.5. The first-order valence-electron chi connectivity index (χ1n) is 6.56. The third-order valence-corrected chi connectivity index (χ3v) is 3.80. The third kappa shape index (κ3) is 2.41. The smallest absolute Gasteiger partial charge is 0.193 e. The molecule has 0 unspecified atom stereocenters.